The summed E-state index contributed by atoms with van der Waals surface area (Å²) < 4.78 is 0. The van der Waals surface area contributed by atoms with E-state index in [0.29, 0.717) is 40.5 Å². The minimum atomic E-state index is 0. The maximum absolute atomic E-state index is 6.59. The van der Waals surface area contributed by atoms with E-state index in [9.17, 15) is 0 Å². The molecule has 0 aliphatic heterocycles. The van der Waals surface area contributed by atoms with Gasteiger partial charge in [-0.15, -0.1) is 0 Å². The van der Waals surface area contributed by atoms with Gasteiger partial charge in [0.1, 0.15) is 0 Å². The third-order valence-corrected chi connectivity index (χ3v) is 7.90. The molecule has 3 aromatic rings. The largest absolute Gasteiger partial charge is 3.00 e. The fourth-order valence-electron chi connectivity index (χ4n) is 5.07. The second-order valence-corrected chi connectivity index (χ2v) is 13.6. The van der Waals surface area contributed by atoms with Gasteiger partial charge in [0.25, 0.3) is 0 Å². The molecule has 0 amide bonds. The van der Waals surface area contributed by atoms with Gasteiger partial charge in [0.2, 0.25) is 0 Å². The molecule has 0 atom stereocenters. The fourth-order valence-corrected chi connectivity index (χ4v) is 5.29. The van der Waals surface area contributed by atoms with Crippen LogP contribution in [-0.4, -0.2) is 17.4 Å². The van der Waals surface area contributed by atoms with Gasteiger partial charge in [-0.05, 0) is 81.0 Å². The summed E-state index contributed by atoms with van der Waals surface area (Å²) in [4.78, 5) is 14.9. The first-order chi connectivity index (χ1) is 19.2. The zero-order chi connectivity index (χ0) is 30.6. The number of rotatable bonds is 10. The van der Waals surface area contributed by atoms with Crippen molar-refractivity contribution in [3.8, 4) is 0 Å². The van der Waals surface area contributed by atoms with E-state index >= 15 is 0 Å². The van der Waals surface area contributed by atoms with Crippen LogP contribution in [0, 0.1) is 0 Å². The summed E-state index contributed by atoms with van der Waals surface area (Å²) in [6, 6.07) is 13.0. The van der Waals surface area contributed by atoms with E-state index in [2.05, 4.69) is 107 Å². The average Bonchev–Trinajstić information content (AvgIpc) is 2.88. The molecule has 0 bridgehead atoms. The van der Waals surface area contributed by atoms with Crippen molar-refractivity contribution in [1.82, 2.24) is 4.98 Å². The van der Waals surface area contributed by atoms with E-state index in [-0.39, 0.29) is 55.8 Å². The van der Waals surface area contributed by atoms with Crippen LogP contribution in [-0.2, 0) is 18.6 Å². The molecule has 1 heterocycles. The molecule has 246 valence electrons. The average molecular weight is 730 g/mol. The van der Waals surface area contributed by atoms with Crippen molar-refractivity contribution in [3.63, 3.8) is 0 Å². The van der Waals surface area contributed by atoms with Crippen LogP contribution in [0.2, 0.25) is 5.02 Å². The van der Waals surface area contributed by atoms with Crippen LogP contribution in [0.15, 0.2) is 46.4 Å². The van der Waals surface area contributed by atoms with E-state index in [1.165, 1.54) is 33.4 Å². The Hall–Kier alpha value is -1.33. The van der Waals surface area contributed by atoms with E-state index < -0.39 is 0 Å². The number of pyridine rings is 1. The van der Waals surface area contributed by atoms with Crippen LogP contribution in [0.5, 0.6) is 0 Å². The molecule has 0 spiro atoms. The fraction of sp³-hybridized carbons (Fsp3) is 0.486. The number of halogens is 4. The smallest absolute Gasteiger partial charge is 1.00 e. The van der Waals surface area contributed by atoms with Crippen LogP contribution in [0.25, 0.3) is 0 Å². The Balaban J connectivity index is 0. The molecule has 0 radical (unpaired) electrons. The molecule has 2 aromatic carbocycles. The molecular weight excluding hydrogens is 679 g/mol. The van der Waals surface area contributed by atoms with E-state index in [1.807, 2.05) is 24.6 Å². The molecule has 0 fully saturated rings. The Kier molecular flexibility index (Phi) is 20.5. The van der Waals surface area contributed by atoms with Gasteiger partial charge in [0, 0.05) is 5.02 Å². The van der Waals surface area contributed by atoms with E-state index in [1.54, 1.807) is 0 Å². The Labute approximate surface area is 309 Å². The molecule has 1 aromatic heterocycles. The first-order valence-electron chi connectivity index (χ1n) is 15.3. The summed E-state index contributed by atoms with van der Waals surface area (Å²) in [5, 5.41) is 0.620. The van der Waals surface area contributed by atoms with Gasteiger partial charge in [0.05, 0.1) is 35.2 Å². The quantitative estimate of drug-likeness (QED) is 0.296. The zero-order valence-electron chi connectivity index (χ0n) is 28.9. The van der Waals surface area contributed by atoms with Crippen LogP contribution in [0.3, 0.4) is 0 Å². The number of nitrogens with zero attached hydrogens (tertiary/aromatic N) is 3. The molecular formula is C37H50Cl4N3V. The van der Waals surface area contributed by atoms with E-state index in [0.717, 1.165) is 22.8 Å². The van der Waals surface area contributed by atoms with Crippen LogP contribution >= 0.6 is 11.6 Å². The molecule has 0 unspecified atom stereocenters. The summed E-state index contributed by atoms with van der Waals surface area (Å²) in [6.45, 7) is 26.9. The number of benzene rings is 2. The van der Waals surface area contributed by atoms with Crippen molar-refractivity contribution in [3.05, 3.63) is 86.2 Å². The molecule has 3 nitrogen and oxygen atoms in total. The Morgan fingerprint density at radius 3 is 0.978 bits per heavy atom. The van der Waals surface area contributed by atoms with Gasteiger partial charge in [-0.25, -0.2) is 4.98 Å². The summed E-state index contributed by atoms with van der Waals surface area (Å²) >= 11 is 6.59. The molecule has 0 aliphatic rings. The summed E-state index contributed by atoms with van der Waals surface area (Å²) in [6.07, 6.45) is 3.70. The maximum Gasteiger partial charge on any atom is 3.00 e. The van der Waals surface area contributed by atoms with Crippen molar-refractivity contribution < 1.29 is 55.8 Å². The van der Waals surface area contributed by atoms with Gasteiger partial charge in [-0.2, -0.15) is 0 Å². The Morgan fingerprint density at radius 1 is 0.489 bits per heavy atom. The van der Waals surface area contributed by atoms with Crippen molar-refractivity contribution in [2.75, 3.05) is 0 Å². The van der Waals surface area contributed by atoms with Crippen molar-refractivity contribution in [2.45, 2.75) is 119 Å². The predicted octanol–water partition coefficient (Wildman–Crippen LogP) is 2.99. The Morgan fingerprint density at radius 2 is 0.756 bits per heavy atom. The zero-order valence-corrected chi connectivity index (χ0v) is 33.3. The Bertz CT molecular complexity index is 1270. The summed E-state index contributed by atoms with van der Waals surface area (Å²) in [5.74, 6) is 2.38. The first kappa shape index (κ1) is 45.8. The summed E-state index contributed by atoms with van der Waals surface area (Å²) in [7, 11) is 0. The van der Waals surface area contributed by atoms with Crippen molar-refractivity contribution >= 4 is 35.4 Å². The number of hydrogen-bond donors (Lipinski definition) is 0. The van der Waals surface area contributed by atoms with Crippen molar-refractivity contribution in [2.24, 2.45) is 9.98 Å². The minimum Gasteiger partial charge on any atom is -1.00 e. The molecule has 0 aliphatic carbocycles. The van der Waals surface area contributed by atoms with Crippen LogP contribution in [0.4, 0.5) is 11.4 Å². The molecule has 8 heteroatoms. The number of aromatic nitrogens is 1. The molecule has 0 saturated carbocycles. The molecule has 0 saturated heterocycles. The number of hydrogen-bond acceptors (Lipinski definition) is 3. The second kappa shape index (κ2) is 20.1. The monoisotopic (exact) mass is 727 g/mol. The third kappa shape index (κ3) is 12.0. The first-order valence-corrected chi connectivity index (χ1v) is 15.7. The SMILES string of the molecule is CC(C)c1cc(C(C)C)c(N=Cc2cc(Cl)cc(C=Nc3c(C(C)C)cc(C(C)C)cc3C(C)C)n2)c(C(C)C)c1.[Cl-].[Cl-].[Cl-].[V+3]. The molecule has 45 heavy (non-hydrogen) atoms. The topological polar surface area (TPSA) is 37.6 Å². The van der Waals surface area contributed by atoms with Crippen LogP contribution < -0.4 is 37.2 Å². The second-order valence-electron chi connectivity index (χ2n) is 13.2. The minimum absolute atomic E-state index is 0. The van der Waals surface area contributed by atoms with E-state index in [4.69, 9.17) is 26.6 Å². The number of aliphatic imine (C=N–C) groups is 2. The molecule has 0 N–H and O–H groups in total. The van der Waals surface area contributed by atoms with Gasteiger partial charge >= 0.3 is 18.6 Å². The van der Waals surface area contributed by atoms with Gasteiger partial charge in [0.15, 0.2) is 0 Å². The predicted molar refractivity (Wildman–Crippen MR) is 181 cm³/mol. The standard InChI is InChI=1S/C37H50ClN3.3ClH.V/c1-21(2)27-13-32(23(5)6)36(33(14-27)24(7)8)39-19-30-17-29(38)18-31(41-30)20-40-37-34(25(9)10)15-28(22(3)4)16-35(37)26(11)12;;;;/h13-26H,1-12H3;3*1H;/q;;;;+3/p-3. The van der Waals surface area contributed by atoms with Crippen molar-refractivity contribution in [1.29, 1.82) is 0 Å². The van der Waals surface area contributed by atoms with Gasteiger partial charge < -0.3 is 37.2 Å². The van der Waals surface area contributed by atoms with Crippen LogP contribution in [0.1, 0.15) is 163 Å². The summed E-state index contributed by atoms with van der Waals surface area (Å²) in [5.41, 5.74) is 11.3. The van der Waals surface area contributed by atoms with Gasteiger partial charge in [-0.3, -0.25) is 9.98 Å². The maximum atomic E-state index is 6.59. The van der Waals surface area contributed by atoms with Gasteiger partial charge in [-0.1, -0.05) is 119 Å². The molecule has 3 rings (SSSR count). The normalized spacial score (nSPS) is 11.5. The third-order valence-electron chi connectivity index (χ3n) is 7.69.